The van der Waals surface area contributed by atoms with E-state index in [0.29, 0.717) is 24.0 Å². The summed E-state index contributed by atoms with van der Waals surface area (Å²) in [5.41, 5.74) is 6.40. The van der Waals surface area contributed by atoms with Crippen LogP contribution in [0.1, 0.15) is 30.2 Å². The highest BCUT2D eigenvalue weighted by Gasteiger charge is 2.35. The lowest BCUT2D eigenvalue weighted by Crippen LogP contribution is -2.49. The Kier molecular flexibility index (Phi) is 5.40. The van der Waals surface area contributed by atoms with Crippen LogP contribution < -0.4 is 15.6 Å². The van der Waals surface area contributed by atoms with Crippen molar-refractivity contribution in [2.24, 2.45) is 0 Å². The summed E-state index contributed by atoms with van der Waals surface area (Å²) >= 11 is 7.81. The number of halogens is 1. The quantitative estimate of drug-likeness (QED) is 0.837. The first-order valence-electron chi connectivity index (χ1n) is 8.81. The van der Waals surface area contributed by atoms with E-state index in [1.54, 1.807) is 29.7 Å². The van der Waals surface area contributed by atoms with Crippen LogP contribution in [-0.2, 0) is 4.79 Å². The largest absolute Gasteiger partial charge is 0.473 e. The maximum Gasteiger partial charge on any atom is 0.241 e. The Bertz CT molecular complexity index is 749. The summed E-state index contributed by atoms with van der Waals surface area (Å²) in [6.45, 7) is 1.38. The van der Waals surface area contributed by atoms with Crippen molar-refractivity contribution in [1.29, 1.82) is 0 Å². The van der Waals surface area contributed by atoms with E-state index >= 15 is 0 Å². The zero-order valence-corrected chi connectivity index (χ0v) is 15.8. The van der Waals surface area contributed by atoms with Gasteiger partial charge in [0.05, 0.1) is 6.04 Å². The highest BCUT2D eigenvalue weighted by atomic mass is 35.5. The normalized spacial score (nSPS) is 24.0. The van der Waals surface area contributed by atoms with E-state index in [1.807, 2.05) is 11.0 Å². The highest BCUT2D eigenvalue weighted by Crippen LogP contribution is 2.28. The van der Waals surface area contributed by atoms with Gasteiger partial charge in [0, 0.05) is 37.0 Å². The minimum absolute atomic E-state index is 0.0416. The maximum absolute atomic E-state index is 12.8. The van der Waals surface area contributed by atoms with Crippen LogP contribution in [0.3, 0.4) is 0 Å². The number of nitrogens with one attached hydrogen (secondary N) is 2. The monoisotopic (exact) mass is 392 g/mol. The fourth-order valence-corrected chi connectivity index (χ4v) is 4.38. The number of hydrogen-bond donors (Lipinski definition) is 2. The van der Waals surface area contributed by atoms with E-state index in [4.69, 9.17) is 16.3 Å². The Morgan fingerprint density at radius 1 is 1.27 bits per heavy atom. The zero-order valence-electron chi connectivity index (χ0n) is 14.2. The molecule has 4 rings (SSSR count). The molecule has 26 heavy (non-hydrogen) atoms. The Morgan fingerprint density at radius 2 is 2.12 bits per heavy atom. The van der Waals surface area contributed by atoms with Gasteiger partial charge in [-0.3, -0.25) is 4.79 Å². The van der Waals surface area contributed by atoms with Crippen molar-refractivity contribution in [2.45, 2.75) is 37.5 Å². The molecule has 138 valence electrons. The third-order valence-electron chi connectivity index (χ3n) is 4.84. The Hall–Kier alpha value is -1.67. The summed E-state index contributed by atoms with van der Waals surface area (Å²) in [5.74, 6) is 0.630. The lowest BCUT2D eigenvalue weighted by atomic mass is 10.0. The molecule has 2 aliphatic heterocycles. The molecule has 2 saturated heterocycles. The van der Waals surface area contributed by atoms with Gasteiger partial charge in [0.1, 0.15) is 17.2 Å². The molecule has 0 bridgehead atoms. The Labute approximate surface area is 161 Å². The number of carbonyl (C=O) groups is 1. The lowest BCUT2D eigenvalue weighted by molar-refractivity contribution is -0.135. The van der Waals surface area contributed by atoms with Crippen LogP contribution in [0.2, 0.25) is 5.02 Å². The van der Waals surface area contributed by atoms with Crippen molar-refractivity contribution < 1.29 is 9.53 Å². The highest BCUT2D eigenvalue weighted by molar-refractivity contribution is 7.10. The number of carbonyl (C=O) groups excluding carboxylic acids is 1. The maximum atomic E-state index is 12.8. The molecule has 8 heteroatoms. The minimum Gasteiger partial charge on any atom is -0.473 e. The van der Waals surface area contributed by atoms with Gasteiger partial charge in [0.25, 0.3) is 0 Å². The van der Waals surface area contributed by atoms with Crippen molar-refractivity contribution in [3.8, 4) is 5.88 Å². The third kappa shape index (κ3) is 3.86. The van der Waals surface area contributed by atoms with Gasteiger partial charge in [0.15, 0.2) is 0 Å². The van der Waals surface area contributed by atoms with Gasteiger partial charge in [-0.2, -0.15) is 0 Å². The van der Waals surface area contributed by atoms with E-state index in [2.05, 4.69) is 27.3 Å². The Balaban J connectivity index is 1.28. The van der Waals surface area contributed by atoms with Gasteiger partial charge in [-0.25, -0.2) is 15.8 Å². The molecule has 0 radical (unpaired) electrons. The van der Waals surface area contributed by atoms with Crippen LogP contribution >= 0.6 is 22.9 Å². The number of thiophene rings is 1. The summed E-state index contributed by atoms with van der Waals surface area (Å²) in [7, 11) is 0. The average Bonchev–Trinajstić information content (AvgIpc) is 3.35. The second kappa shape index (κ2) is 7.92. The number of likely N-dealkylation sites (tertiary alicyclic amines) is 1. The number of nitrogens with zero attached hydrogens (tertiary/aromatic N) is 2. The molecular weight excluding hydrogens is 372 g/mol. The number of ether oxygens (including phenoxy) is 1. The van der Waals surface area contributed by atoms with Crippen LogP contribution in [-0.4, -0.2) is 41.0 Å². The van der Waals surface area contributed by atoms with Gasteiger partial charge in [0.2, 0.25) is 11.8 Å². The van der Waals surface area contributed by atoms with E-state index in [1.165, 1.54) is 4.88 Å². The third-order valence-corrected chi connectivity index (χ3v) is 6.12. The molecule has 0 saturated carbocycles. The number of piperidine rings is 1. The fourth-order valence-electron chi connectivity index (χ4n) is 3.42. The van der Waals surface area contributed by atoms with E-state index in [-0.39, 0.29) is 24.1 Å². The summed E-state index contributed by atoms with van der Waals surface area (Å²) in [5, 5.41) is 2.58. The summed E-state index contributed by atoms with van der Waals surface area (Å²) in [6.07, 6.45) is 4.06. The first kappa shape index (κ1) is 17.7. The number of pyridine rings is 1. The molecular formula is C18H21ClN4O2S. The van der Waals surface area contributed by atoms with Crippen LogP contribution in [0, 0.1) is 0 Å². The molecule has 0 spiro atoms. The first-order chi connectivity index (χ1) is 12.7. The number of aromatic nitrogens is 1. The molecule has 2 aliphatic rings. The molecule has 0 aliphatic carbocycles. The summed E-state index contributed by atoms with van der Waals surface area (Å²) < 4.78 is 5.90. The van der Waals surface area contributed by atoms with E-state index in [9.17, 15) is 4.79 Å². The predicted molar refractivity (Wildman–Crippen MR) is 101 cm³/mol. The second-order valence-electron chi connectivity index (χ2n) is 6.58. The van der Waals surface area contributed by atoms with Gasteiger partial charge in [-0.15, -0.1) is 11.3 Å². The summed E-state index contributed by atoms with van der Waals surface area (Å²) in [4.78, 5) is 20.1. The molecule has 6 nitrogen and oxygen atoms in total. The number of hydrogen-bond acceptors (Lipinski definition) is 6. The second-order valence-corrected chi connectivity index (χ2v) is 7.96. The molecule has 2 unspecified atom stereocenters. The molecule has 2 N–H and O–H groups in total. The van der Waals surface area contributed by atoms with Crippen molar-refractivity contribution in [3.05, 3.63) is 45.7 Å². The molecule has 1 amide bonds. The van der Waals surface area contributed by atoms with E-state index < -0.39 is 0 Å². The molecule has 2 aromatic heterocycles. The molecule has 4 heterocycles. The van der Waals surface area contributed by atoms with Crippen LogP contribution in [0.4, 0.5) is 0 Å². The van der Waals surface area contributed by atoms with Crippen molar-refractivity contribution >= 4 is 28.8 Å². The van der Waals surface area contributed by atoms with Gasteiger partial charge >= 0.3 is 0 Å². The van der Waals surface area contributed by atoms with E-state index in [0.717, 1.165) is 19.3 Å². The van der Waals surface area contributed by atoms with Gasteiger partial charge in [-0.05, 0) is 30.0 Å². The van der Waals surface area contributed by atoms with Gasteiger partial charge in [-0.1, -0.05) is 17.7 Å². The average molecular weight is 393 g/mol. The standard InChI is InChI=1S/C18H21ClN4O2S/c19-13-3-1-7-20-17(13)25-12-5-8-23(9-6-12)18(24)15-11-14(21-22-15)16-4-2-10-26-16/h1-4,7,10,12,14-15,21-22H,5-6,8-9,11H2. The van der Waals surface area contributed by atoms with Crippen molar-refractivity contribution in [2.75, 3.05) is 13.1 Å². The first-order valence-corrected chi connectivity index (χ1v) is 10.1. The lowest BCUT2D eigenvalue weighted by Gasteiger charge is -2.33. The van der Waals surface area contributed by atoms with Crippen LogP contribution in [0.5, 0.6) is 5.88 Å². The Morgan fingerprint density at radius 3 is 2.85 bits per heavy atom. The SMILES string of the molecule is O=C(C1CC(c2cccs2)NN1)N1CCC(Oc2ncccc2Cl)CC1. The number of amides is 1. The summed E-state index contributed by atoms with van der Waals surface area (Å²) in [6, 6.07) is 7.71. The minimum atomic E-state index is -0.176. The van der Waals surface area contributed by atoms with Crippen molar-refractivity contribution in [3.63, 3.8) is 0 Å². The molecule has 2 atom stereocenters. The number of hydrazine groups is 1. The smallest absolute Gasteiger partial charge is 0.241 e. The van der Waals surface area contributed by atoms with Crippen LogP contribution in [0.15, 0.2) is 35.8 Å². The number of rotatable bonds is 4. The molecule has 0 aromatic carbocycles. The topological polar surface area (TPSA) is 66.5 Å². The predicted octanol–water partition coefficient (Wildman–Crippen LogP) is 2.77. The molecule has 2 fully saturated rings. The zero-order chi connectivity index (χ0) is 17.9. The van der Waals surface area contributed by atoms with Crippen molar-refractivity contribution in [1.82, 2.24) is 20.7 Å². The van der Waals surface area contributed by atoms with Gasteiger partial charge < -0.3 is 9.64 Å². The fraction of sp³-hybridized carbons (Fsp3) is 0.444. The molecule has 2 aromatic rings. The van der Waals surface area contributed by atoms with Crippen LogP contribution in [0.25, 0.3) is 0 Å².